The van der Waals surface area contributed by atoms with Crippen LogP contribution in [0.4, 0.5) is 5.82 Å². The molecule has 1 N–H and O–H groups in total. The van der Waals surface area contributed by atoms with Gasteiger partial charge < -0.3 is 5.32 Å². The van der Waals surface area contributed by atoms with E-state index in [1.54, 1.807) is 6.20 Å². The predicted molar refractivity (Wildman–Crippen MR) is 56.8 cm³/mol. The Hall–Kier alpha value is -1.83. The van der Waals surface area contributed by atoms with E-state index >= 15 is 0 Å². The van der Waals surface area contributed by atoms with Gasteiger partial charge in [-0.2, -0.15) is 0 Å². The smallest absolute Gasteiger partial charge is 0.126 e. The first-order valence-electron chi connectivity index (χ1n) is 4.55. The van der Waals surface area contributed by atoms with Gasteiger partial charge in [0.15, 0.2) is 0 Å². The molecule has 0 fully saturated rings. The van der Waals surface area contributed by atoms with Gasteiger partial charge in [0.1, 0.15) is 5.82 Å². The molecule has 0 aliphatic rings. The van der Waals surface area contributed by atoms with Crippen molar-refractivity contribution < 1.29 is 0 Å². The highest BCUT2D eigenvalue weighted by molar-refractivity contribution is 5.34. The van der Waals surface area contributed by atoms with Crippen LogP contribution in [0.1, 0.15) is 5.56 Å². The Morgan fingerprint density at radius 3 is 2.71 bits per heavy atom. The second kappa shape index (κ2) is 4.42. The first-order chi connectivity index (χ1) is 6.95. The minimum absolute atomic E-state index is 0.803. The summed E-state index contributed by atoms with van der Waals surface area (Å²) in [7, 11) is 0. The zero-order valence-corrected chi connectivity index (χ0v) is 7.77. The van der Waals surface area contributed by atoms with Gasteiger partial charge in [-0.25, -0.2) is 4.98 Å². The summed E-state index contributed by atoms with van der Waals surface area (Å²) in [6, 6.07) is 16.9. The van der Waals surface area contributed by atoms with Gasteiger partial charge in [-0.3, -0.25) is 0 Å². The Labute approximate surface area is 83.6 Å². The number of nitrogens with one attached hydrogen (secondary N) is 1. The van der Waals surface area contributed by atoms with Crippen LogP contribution in [-0.2, 0) is 6.54 Å². The van der Waals surface area contributed by atoms with Gasteiger partial charge in [-0.05, 0) is 17.7 Å². The number of hydrogen-bond donors (Lipinski definition) is 1. The second-order valence-electron chi connectivity index (χ2n) is 2.98. The van der Waals surface area contributed by atoms with Crippen molar-refractivity contribution in [1.29, 1.82) is 0 Å². The zero-order chi connectivity index (χ0) is 9.64. The van der Waals surface area contributed by atoms with Crippen molar-refractivity contribution in [3.05, 3.63) is 60.3 Å². The minimum atomic E-state index is 0.803. The number of pyridine rings is 1. The Kier molecular flexibility index (Phi) is 2.76. The summed E-state index contributed by atoms with van der Waals surface area (Å²) in [4.78, 5) is 4.13. The van der Waals surface area contributed by atoms with Crippen LogP contribution in [0.2, 0.25) is 0 Å². The highest BCUT2D eigenvalue weighted by Gasteiger charge is 1.92. The average molecular weight is 183 g/mol. The fourth-order valence-electron chi connectivity index (χ4n) is 1.21. The lowest BCUT2D eigenvalue weighted by Gasteiger charge is -2.04. The second-order valence-corrected chi connectivity index (χ2v) is 2.98. The first-order valence-corrected chi connectivity index (χ1v) is 4.55. The lowest BCUT2D eigenvalue weighted by Crippen LogP contribution is -2.00. The third-order valence-electron chi connectivity index (χ3n) is 1.93. The Balaban J connectivity index is 1.96. The number of aromatic nitrogens is 1. The van der Waals surface area contributed by atoms with E-state index in [-0.39, 0.29) is 0 Å². The topological polar surface area (TPSA) is 24.9 Å². The Bertz CT molecular complexity index is 331. The largest absolute Gasteiger partial charge is 0.366 e. The molecule has 1 aromatic carbocycles. The highest BCUT2D eigenvalue weighted by Crippen LogP contribution is 2.04. The SMILES string of the molecule is [c]1ccc(NCc2ccccc2)nc1. The first kappa shape index (κ1) is 8.75. The molecule has 2 nitrogen and oxygen atoms in total. The van der Waals surface area contributed by atoms with Crippen molar-refractivity contribution in [3.8, 4) is 0 Å². The van der Waals surface area contributed by atoms with E-state index < -0.39 is 0 Å². The Morgan fingerprint density at radius 1 is 1.14 bits per heavy atom. The van der Waals surface area contributed by atoms with Crippen LogP contribution >= 0.6 is 0 Å². The van der Waals surface area contributed by atoms with Crippen LogP contribution in [0.3, 0.4) is 0 Å². The molecule has 0 amide bonds. The summed E-state index contributed by atoms with van der Waals surface area (Å²) in [5, 5.41) is 3.23. The van der Waals surface area contributed by atoms with Crippen LogP contribution in [-0.4, -0.2) is 4.98 Å². The van der Waals surface area contributed by atoms with Crippen LogP contribution in [0, 0.1) is 6.07 Å². The summed E-state index contributed by atoms with van der Waals surface area (Å²) in [5.41, 5.74) is 1.25. The normalized spacial score (nSPS) is 9.71. The Morgan fingerprint density at radius 2 is 2.00 bits per heavy atom. The molecule has 2 rings (SSSR count). The minimum Gasteiger partial charge on any atom is -0.366 e. The van der Waals surface area contributed by atoms with Gasteiger partial charge in [0.2, 0.25) is 0 Å². The van der Waals surface area contributed by atoms with Crippen molar-refractivity contribution in [3.63, 3.8) is 0 Å². The molecule has 1 radical (unpaired) electrons. The maximum absolute atomic E-state index is 4.13. The van der Waals surface area contributed by atoms with Crippen LogP contribution < -0.4 is 5.32 Å². The van der Waals surface area contributed by atoms with Gasteiger partial charge in [0.25, 0.3) is 0 Å². The summed E-state index contributed by atoms with van der Waals surface area (Å²) >= 11 is 0. The van der Waals surface area contributed by atoms with E-state index in [0.29, 0.717) is 0 Å². The average Bonchev–Trinajstić information content (AvgIpc) is 2.29. The molecule has 1 aromatic heterocycles. The maximum atomic E-state index is 4.13. The molecule has 0 saturated heterocycles. The molecule has 2 aromatic rings. The molecule has 0 spiro atoms. The number of nitrogens with zero attached hydrogens (tertiary/aromatic N) is 1. The molecule has 0 saturated carbocycles. The van der Waals surface area contributed by atoms with Crippen LogP contribution in [0.25, 0.3) is 0 Å². The maximum Gasteiger partial charge on any atom is 0.126 e. The lowest BCUT2D eigenvalue weighted by atomic mass is 10.2. The van der Waals surface area contributed by atoms with Gasteiger partial charge in [-0.15, -0.1) is 0 Å². The molecule has 0 bridgehead atoms. The molecule has 69 valence electrons. The molecule has 0 atom stereocenters. The third-order valence-corrected chi connectivity index (χ3v) is 1.93. The fourth-order valence-corrected chi connectivity index (χ4v) is 1.21. The number of rotatable bonds is 3. The van der Waals surface area contributed by atoms with E-state index in [1.165, 1.54) is 5.56 Å². The molecule has 0 aliphatic heterocycles. The quantitative estimate of drug-likeness (QED) is 0.790. The molecule has 0 unspecified atom stereocenters. The molecular weight excluding hydrogens is 172 g/mol. The molecule has 2 heteroatoms. The summed E-state index contributed by atoms with van der Waals surface area (Å²) in [6.07, 6.45) is 1.66. The third kappa shape index (κ3) is 2.33. The number of hydrogen-bond acceptors (Lipinski definition) is 2. The number of anilines is 1. The van der Waals surface area contributed by atoms with Gasteiger partial charge in [0.05, 0.1) is 0 Å². The standard InChI is InChI=1S/C12H11N2/c1-2-6-11(7-3-1)10-14-12-8-4-5-9-13-12/h1-4,6-9H,10H2,(H,13,14). The van der Waals surface area contributed by atoms with Gasteiger partial charge in [0, 0.05) is 18.8 Å². The van der Waals surface area contributed by atoms with E-state index in [4.69, 9.17) is 0 Å². The van der Waals surface area contributed by atoms with Crippen molar-refractivity contribution in [1.82, 2.24) is 4.98 Å². The monoisotopic (exact) mass is 183 g/mol. The van der Waals surface area contributed by atoms with E-state index in [1.807, 2.05) is 30.3 Å². The molecule has 0 aliphatic carbocycles. The van der Waals surface area contributed by atoms with Gasteiger partial charge in [-0.1, -0.05) is 30.3 Å². The van der Waals surface area contributed by atoms with Crippen LogP contribution in [0.5, 0.6) is 0 Å². The van der Waals surface area contributed by atoms with E-state index in [0.717, 1.165) is 12.4 Å². The summed E-state index contributed by atoms with van der Waals surface area (Å²) < 4.78 is 0. The van der Waals surface area contributed by atoms with E-state index in [2.05, 4.69) is 28.5 Å². The summed E-state index contributed by atoms with van der Waals surface area (Å²) in [5.74, 6) is 0.882. The lowest BCUT2D eigenvalue weighted by molar-refractivity contribution is 1.11. The predicted octanol–water partition coefficient (Wildman–Crippen LogP) is 2.49. The summed E-state index contributed by atoms with van der Waals surface area (Å²) in [6.45, 7) is 0.803. The van der Waals surface area contributed by atoms with Crippen molar-refractivity contribution >= 4 is 5.82 Å². The van der Waals surface area contributed by atoms with Crippen molar-refractivity contribution in [2.75, 3.05) is 5.32 Å². The van der Waals surface area contributed by atoms with Crippen LogP contribution in [0.15, 0.2) is 48.7 Å². The molecule has 14 heavy (non-hydrogen) atoms. The zero-order valence-electron chi connectivity index (χ0n) is 7.77. The van der Waals surface area contributed by atoms with E-state index in [9.17, 15) is 0 Å². The van der Waals surface area contributed by atoms with Crippen molar-refractivity contribution in [2.24, 2.45) is 0 Å². The molecular formula is C12H11N2. The van der Waals surface area contributed by atoms with Gasteiger partial charge >= 0.3 is 0 Å². The van der Waals surface area contributed by atoms with Crippen molar-refractivity contribution in [2.45, 2.75) is 6.54 Å². The highest BCUT2D eigenvalue weighted by atomic mass is 15.0. The number of benzene rings is 1. The fraction of sp³-hybridized carbons (Fsp3) is 0.0833. The molecule has 1 heterocycles.